The second-order valence-electron chi connectivity index (χ2n) is 5.85. The second-order valence-corrected chi connectivity index (χ2v) is 6.77. The summed E-state index contributed by atoms with van der Waals surface area (Å²) in [5, 5.41) is 9.03. The van der Waals surface area contributed by atoms with E-state index in [1.807, 2.05) is 23.7 Å². The Morgan fingerprint density at radius 3 is 2.45 bits per heavy atom. The van der Waals surface area contributed by atoms with Gasteiger partial charge in [-0.25, -0.2) is 0 Å². The molecule has 0 amide bonds. The first kappa shape index (κ1) is 15.2. The smallest absolute Gasteiger partial charge is 0.120 e. The molecular weight excluding hydrogens is 290 g/mol. The highest BCUT2D eigenvalue weighted by molar-refractivity contribution is 7.97. The van der Waals surface area contributed by atoms with Crippen LogP contribution in [-0.4, -0.2) is 10.6 Å². The Bertz CT molecular complexity index is 661. The van der Waals surface area contributed by atoms with Crippen LogP contribution in [-0.2, 0) is 7.05 Å². The molecule has 1 aromatic heterocycles. The Kier molecular flexibility index (Phi) is 4.87. The number of nitriles is 1. The quantitative estimate of drug-likeness (QED) is 0.846. The number of hydrogen-bond acceptors (Lipinski definition) is 3. The fraction of sp³-hybridized carbons (Fsp3) is 0.389. The molecule has 2 aromatic rings. The minimum absolute atomic E-state index is 0.657. The monoisotopic (exact) mass is 311 g/mol. The molecule has 114 valence electrons. The van der Waals surface area contributed by atoms with E-state index >= 15 is 0 Å². The first-order chi connectivity index (χ1) is 10.8. The molecule has 1 saturated carbocycles. The minimum atomic E-state index is 0.657. The van der Waals surface area contributed by atoms with E-state index in [1.165, 1.54) is 37.0 Å². The summed E-state index contributed by atoms with van der Waals surface area (Å²) >= 11 is 1.74. The van der Waals surface area contributed by atoms with E-state index in [9.17, 15) is 0 Å². The second kappa shape index (κ2) is 7.04. The largest absolute Gasteiger partial charge is 0.335 e. The molecule has 1 aliphatic rings. The van der Waals surface area contributed by atoms with Gasteiger partial charge in [0.1, 0.15) is 11.8 Å². The van der Waals surface area contributed by atoms with E-state index in [1.54, 1.807) is 11.9 Å². The fourth-order valence-corrected chi connectivity index (χ4v) is 3.79. The summed E-state index contributed by atoms with van der Waals surface area (Å²) in [5.74, 6) is 0. The van der Waals surface area contributed by atoms with Gasteiger partial charge in [0.15, 0.2) is 0 Å². The van der Waals surface area contributed by atoms with E-state index in [2.05, 4.69) is 35.1 Å². The summed E-state index contributed by atoms with van der Waals surface area (Å²) in [6.45, 7) is 0. The van der Waals surface area contributed by atoms with Crippen LogP contribution >= 0.6 is 11.9 Å². The summed E-state index contributed by atoms with van der Waals surface area (Å²) in [7, 11) is 1.93. The summed E-state index contributed by atoms with van der Waals surface area (Å²) in [4.78, 5) is 1.24. The standard InChI is InChI=1S/C18H21N3S/c1-21-16(13-19)9-12-18(21)14-7-10-17(11-8-14)22-20-15-5-3-2-4-6-15/h7-12,15,20H,2-6H2,1H3. The van der Waals surface area contributed by atoms with Gasteiger partial charge in [-0.1, -0.05) is 31.4 Å². The lowest BCUT2D eigenvalue weighted by molar-refractivity contribution is 0.423. The molecule has 1 fully saturated rings. The molecular formula is C18H21N3S. The minimum Gasteiger partial charge on any atom is -0.335 e. The molecule has 22 heavy (non-hydrogen) atoms. The molecule has 0 aliphatic heterocycles. The lowest BCUT2D eigenvalue weighted by atomic mass is 9.96. The van der Waals surface area contributed by atoms with Gasteiger partial charge in [-0.2, -0.15) is 5.26 Å². The third-order valence-corrected chi connectivity index (χ3v) is 5.29. The maximum atomic E-state index is 9.03. The predicted molar refractivity (Wildman–Crippen MR) is 91.4 cm³/mol. The number of aromatic nitrogens is 1. The molecule has 1 aliphatic carbocycles. The zero-order valence-electron chi connectivity index (χ0n) is 12.9. The first-order valence-corrected chi connectivity index (χ1v) is 8.68. The van der Waals surface area contributed by atoms with Crippen molar-refractivity contribution in [2.75, 3.05) is 0 Å². The normalized spacial score (nSPS) is 15.6. The van der Waals surface area contributed by atoms with Crippen molar-refractivity contribution in [2.45, 2.75) is 43.0 Å². The third-order valence-electron chi connectivity index (χ3n) is 4.34. The van der Waals surface area contributed by atoms with Gasteiger partial charge in [0.2, 0.25) is 0 Å². The summed E-state index contributed by atoms with van der Waals surface area (Å²) in [5.41, 5.74) is 2.91. The SMILES string of the molecule is Cn1c(C#N)ccc1-c1ccc(SNC2CCCCC2)cc1. The van der Waals surface area contributed by atoms with Gasteiger partial charge in [-0.05, 0) is 54.6 Å². The van der Waals surface area contributed by atoms with Gasteiger partial charge in [0, 0.05) is 23.7 Å². The molecule has 4 heteroatoms. The highest BCUT2D eigenvalue weighted by Crippen LogP contribution is 2.26. The van der Waals surface area contributed by atoms with Crippen LogP contribution in [0.1, 0.15) is 37.8 Å². The van der Waals surface area contributed by atoms with Crippen LogP contribution in [0.2, 0.25) is 0 Å². The lowest BCUT2D eigenvalue weighted by Gasteiger charge is -2.22. The maximum Gasteiger partial charge on any atom is 0.120 e. The number of rotatable bonds is 4. The van der Waals surface area contributed by atoms with E-state index in [-0.39, 0.29) is 0 Å². The van der Waals surface area contributed by atoms with Crippen LogP contribution in [0, 0.1) is 11.3 Å². The van der Waals surface area contributed by atoms with Crippen LogP contribution in [0.25, 0.3) is 11.3 Å². The molecule has 0 atom stereocenters. The highest BCUT2D eigenvalue weighted by atomic mass is 32.2. The number of hydrogen-bond donors (Lipinski definition) is 1. The van der Waals surface area contributed by atoms with Crippen molar-refractivity contribution in [2.24, 2.45) is 7.05 Å². The third kappa shape index (κ3) is 3.37. The zero-order valence-corrected chi connectivity index (χ0v) is 13.7. The fourth-order valence-electron chi connectivity index (χ4n) is 2.98. The van der Waals surface area contributed by atoms with Crippen molar-refractivity contribution in [3.8, 4) is 17.3 Å². The number of nitrogens with one attached hydrogen (secondary N) is 1. The van der Waals surface area contributed by atoms with Gasteiger partial charge < -0.3 is 4.57 Å². The molecule has 1 heterocycles. The van der Waals surface area contributed by atoms with Crippen molar-refractivity contribution in [1.82, 2.24) is 9.29 Å². The Balaban J connectivity index is 1.64. The lowest BCUT2D eigenvalue weighted by Crippen LogP contribution is -2.25. The van der Waals surface area contributed by atoms with E-state index < -0.39 is 0 Å². The van der Waals surface area contributed by atoms with Crippen LogP contribution in [0.5, 0.6) is 0 Å². The molecule has 0 unspecified atom stereocenters. The molecule has 0 saturated heterocycles. The Labute approximate surface area is 136 Å². The molecule has 1 N–H and O–H groups in total. The zero-order chi connectivity index (χ0) is 15.4. The van der Waals surface area contributed by atoms with Crippen molar-refractivity contribution in [3.05, 3.63) is 42.1 Å². The number of nitrogens with zero attached hydrogens (tertiary/aromatic N) is 2. The molecule has 1 aromatic carbocycles. The van der Waals surface area contributed by atoms with Crippen molar-refractivity contribution >= 4 is 11.9 Å². The van der Waals surface area contributed by atoms with Crippen LogP contribution in [0.3, 0.4) is 0 Å². The van der Waals surface area contributed by atoms with E-state index in [0.29, 0.717) is 11.7 Å². The first-order valence-electron chi connectivity index (χ1n) is 7.86. The number of benzene rings is 1. The topological polar surface area (TPSA) is 40.8 Å². The van der Waals surface area contributed by atoms with E-state index in [4.69, 9.17) is 5.26 Å². The average Bonchev–Trinajstić information content (AvgIpc) is 2.95. The van der Waals surface area contributed by atoms with Crippen molar-refractivity contribution in [1.29, 1.82) is 5.26 Å². The highest BCUT2D eigenvalue weighted by Gasteiger charge is 2.13. The van der Waals surface area contributed by atoms with Gasteiger partial charge in [0.05, 0.1) is 0 Å². The maximum absolute atomic E-state index is 9.03. The Hall–Kier alpha value is -1.70. The van der Waals surface area contributed by atoms with Crippen LogP contribution in [0.4, 0.5) is 0 Å². The summed E-state index contributed by atoms with van der Waals surface area (Å²) in [6.07, 6.45) is 6.69. The predicted octanol–water partition coefficient (Wildman–Crippen LogP) is 4.49. The average molecular weight is 311 g/mol. The molecule has 3 rings (SSSR count). The Morgan fingerprint density at radius 2 is 1.82 bits per heavy atom. The van der Waals surface area contributed by atoms with Gasteiger partial charge in [0.25, 0.3) is 0 Å². The Morgan fingerprint density at radius 1 is 1.09 bits per heavy atom. The van der Waals surface area contributed by atoms with Gasteiger partial charge >= 0.3 is 0 Å². The van der Waals surface area contributed by atoms with Crippen LogP contribution < -0.4 is 4.72 Å². The molecule has 0 radical (unpaired) electrons. The van der Waals surface area contributed by atoms with Gasteiger partial charge in [-0.15, -0.1) is 0 Å². The van der Waals surface area contributed by atoms with Crippen molar-refractivity contribution < 1.29 is 0 Å². The molecule has 0 spiro atoms. The molecule has 0 bridgehead atoms. The summed E-state index contributed by atoms with van der Waals surface area (Å²) < 4.78 is 5.52. The van der Waals surface area contributed by atoms with Crippen molar-refractivity contribution in [3.63, 3.8) is 0 Å². The van der Waals surface area contributed by atoms with Gasteiger partial charge in [-0.3, -0.25) is 4.72 Å². The van der Waals surface area contributed by atoms with Crippen LogP contribution in [0.15, 0.2) is 41.3 Å². The molecule has 3 nitrogen and oxygen atoms in total. The summed E-state index contributed by atoms with van der Waals surface area (Å²) in [6, 6.07) is 15.3. The van der Waals surface area contributed by atoms with E-state index in [0.717, 1.165) is 11.3 Å².